The summed E-state index contributed by atoms with van der Waals surface area (Å²) in [5.41, 5.74) is -0.479. The van der Waals surface area contributed by atoms with Crippen molar-refractivity contribution in [2.75, 3.05) is 30.5 Å². The second kappa shape index (κ2) is 7.35. The number of hydrogen-bond donors (Lipinski definition) is 2. The van der Waals surface area contributed by atoms with E-state index in [-0.39, 0.29) is 0 Å². The Kier molecular flexibility index (Phi) is 6.11. The normalized spacial score (nSPS) is 13.7. The van der Waals surface area contributed by atoms with Gasteiger partial charge in [0.25, 0.3) is 0 Å². The van der Waals surface area contributed by atoms with E-state index < -0.39 is 11.6 Å². The fourth-order valence-corrected chi connectivity index (χ4v) is 2.28. The van der Waals surface area contributed by atoms with Crippen molar-refractivity contribution in [2.24, 2.45) is 0 Å². The van der Waals surface area contributed by atoms with Crippen molar-refractivity contribution in [1.29, 1.82) is 0 Å². The molecule has 0 amide bonds. The number of carbonyl (C=O) groups excluding carboxylic acids is 1. The number of ether oxygens (including phenoxy) is 1. The van der Waals surface area contributed by atoms with Crippen LogP contribution in [0.25, 0.3) is 0 Å². The lowest BCUT2D eigenvalue weighted by Crippen LogP contribution is -2.36. The number of anilines is 1. The van der Waals surface area contributed by atoms with Crippen LogP contribution in [0.5, 0.6) is 0 Å². The number of carbonyl (C=O) groups is 1. The lowest BCUT2D eigenvalue weighted by Gasteiger charge is -2.23. The molecular formula is C13H20N2O3S. The van der Waals surface area contributed by atoms with Crippen molar-refractivity contribution in [2.45, 2.75) is 19.4 Å². The van der Waals surface area contributed by atoms with E-state index >= 15 is 0 Å². The van der Waals surface area contributed by atoms with Gasteiger partial charge in [0.1, 0.15) is 11.4 Å². The average molecular weight is 284 g/mol. The van der Waals surface area contributed by atoms with Gasteiger partial charge in [0.05, 0.1) is 12.2 Å². The Morgan fingerprint density at radius 2 is 2.37 bits per heavy atom. The molecule has 0 saturated carbocycles. The third kappa shape index (κ3) is 5.08. The molecule has 0 aliphatic rings. The number of nitrogens with one attached hydrogen (secondary N) is 1. The number of aromatic nitrogens is 1. The third-order valence-corrected chi connectivity index (χ3v) is 3.31. The van der Waals surface area contributed by atoms with E-state index in [2.05, 4.69) is 10.3 Å². The van der Waals surface area contributed by atoms with Crippen LogP contribution in [0.1, 0.15) is 24.2 Å². The molecule has 1 rings (SSSR count). The van der Waals surface area contributed by atoms with Gasteiger partial charge in [0.15, 0.2) is 0 Å². The highest BCUT2D eigenvalue weighted by Crippen LogP contribution is 2.16. The van der Waals surface area contributed by atoms with Gasteiger partial charge in [-0.05, 0) is 32.2 Å². The van der Waals surface area contributed by atoms with Gasteiger partial charge in [0.2, 0.25) is 0 Å². The summed E-state index contributed by atoms with van der Waals surface area (Å²) in [6.07, 6.45) is 3.52. The summed E-state index contributed by atoms with van der Waals surface area (Å²) in [5, 5.41) is 13.1. The molecule has 1 atom stereocenters. The van der Waals surface area contributed by atoms with Crippen LogP contribution in [0.15, 0.2) is 18.3 Å². The molecule has 0 saturated heterocycles. The largest absolute Gasteiger partial charge is 0.462 e. The van der Waals surface area contributed by atoms with Gasteiger partial charge in [0, 0.05) is 18.5 Å². The second-order valence-corrected chi connectivity index (χ2v) is 5.27. The summed E-state index contributed by atoms with van der Waals surface area (Å²) in [5.74, 6) is 0.617. The minimum atomic E-state index is -0.858. The number of aliphatic hydroxyl groups is 1. The highest BCUT2D eigenvalue weighted by molar-refractivity contribution is 7.98. The van der Waals surface area contributed by atoms with E-state index in [1.54, 1.807) is 43.9 Å². The fraction of sp³-hybridized carbons (Fsp3) is 0.538. The van der Waals surface area contributed by atoms with Gasteiger partial charge in [-0.15, -0.1) is 0 Å². The monoisotopic (exact) mass is 284 g/mol. The molecule has 0 fully saturated rings. The zero-order valence-corrected chi connectivity index (χ0v) is 12.3. The number of thioether (sulfide) groups is 1. The molecule has 1 unspecified atom stereocenters. The number of pyridine rings is 1. The van der Waals surface area contributed by atoms with Crippen molar-refractivity contribution >= 4 is 23.5 Å². The first kappa shape index (κ1) is 15.8. The maximum absolute atomic E-state index is 11.7. The summed E-state index contributed by atoms with van der Waals surface area (Å²) >= 11 is 1.56. The van der Waals surface area contributed by atoms with Gasteiger partial charge >= 0.3 is 5.97 Å². The molecule has 106 valence electrons. The molecule has 2 N–H and O–H groups in total. The Morgan fingerprint density at radius 3 is 3.00 bits per heavy atom. The van der Waals surface area contributed by atoms with Crippen molar-refractivity contribution in [3.8, 4) is 0 Å². The van der Waals surface area contributed by atoms with Crippen LogP contribution in [0.2, 0.25) is 0 Å². The highest BCUT2D eigenvalue weighted by Gasteiger charge is 2.21. The molecule has 0 spiro atoms. The molecule has 0 aliphatic heterocycles. The molecule has 0 aromatic carbocycles. The molecule has 19 heavy (non-hydrogen) atoms. The number of hydrogen-bond acceptors (Lipinski definition) is 6. The molecule has 1 aromatic rings. The molecule has 6 heteroatoms. The topological polar surface area (TPSA) is 71.5 Å². The zero-order chi connectivity index (χ0) is 14.3. The lowest BCUT2D eigenvalue weighted by molar-refractivity contribution is 0.0526. The van der Waals surface area contributed by atoms with Crippen molar-refractivity contribution < 1.29 is 14.6 Å². The van der Waals surface area contributed by atoms with Crippen LogP contribution in [-0.4, -0.2) is 46.8 Å². The summed E-state index contributed by atoms with van der Waals surface area (Å²) in [4.78, 5) is 15.9. The van der Waals surface area contributed by atoms with E-state index in [0.717, 1.165) is 0 Å². The fourth-order valence-electron chi connectivity index (χ4n) is 1.56. The highest BCUT2D eigenvalue weighted by atomic mass is 32.2. The molecule has 0 radical (unpaired) electrons. The zero-order valence-electron chi connectivity index (χ0n) is 11.5. The summed E-state index contributed by atoms with van der Waals surface area (Å²) < 4.78 is 4.96. The van der Waals surface area contributed by atoms with Gasteiger partial charge < -0.3 is 15.2 Å². The Balaban J connectivity index is 2.76. The van der Waals surface area contributed by atoms with Gasteiger partial charge in [-0.2, -0.15) is 11.8 Å². The van der Waals surface area contributed by atoms with Crippen LogP contribution >= 0.6 is 11.8 Å². The van der Waals surface area contributed by atoms with Crippen molar-refractivity contribution in [3.63, 3.8) is 0 Å². The van der Waals surface area contributed by atoms with Crippen molar-refractivity contribution in [3.05, 3.63) is 23.9 Å². The van der Waals surface area contributed by atoms with Gasteiger partial charge in [-0.3, -0.25) is 0 Å². The molecule has 1 aromatic heterocycles. The first-order valence-electron chi connectivity index (χ1n) is 6.07. The molecule has 5 nitrogen and oxygen atoms in total. The summed E-state index contributed by atoms with van der Waals surface area (Å²) in [6.45, 7) is 4.13. The maximum atomic E-state index is 11.7. The van der Waals surface area contributed by atoms with E-state index in [1.165, 1.54) is 0 Å². The van der Waals surface area contributed by atoms with E-state index in [0.29, 0.717) is 30.3 Å². The maximum Gasteiger partial charge on any atom is 0.341 e. The Labute approximate surface area is 117 Å². The SMILES string of the molecule is CCOC(=O)c1cccnc1NCC(C)(O)CSC. The minimum absolute atomic E-state index is 0.317. The van der Waals surface area contributed by atoms with E-state index in [4.69, 9.17) is 4.74 Å². The molecular weight excluding hydrogens is 264 g/mol. The molecule has 0 aliphatic carbocycles. The predicted molar refractivity (Wildman–Crippen MR) is 77.7 cm³/mol. The first-order chi connectivity index (χ1) is 9.00. The first-order valence-corrected chi connectivity index (χ1v) is 7.47. The Bertz CT molecular complexity index is 424. The van der Waals surface area contributed by atoms with Crippen molar-refractivity contribution in [1.82, 2.24) is 4.98 Å². The molecule has 0 bridgehead atoms. The van der Waals surface area contributed by atoms with Gasteiger partial charge in [-0.25, -0.2) is 9.78 Å². The number of esters is 1. The van der Waals surface area contributed by atoms with Crippen LogP contribution in [-0.2, 0) is 4.74 Å². The summed E-state index contributed by atoms with van der Waals surface area (Å²) in [7, 11) is 0. The summed E-state index contributed by atoms with van der Waals surface area (Å²) in [6, 6.07) is 3.33. The number of rotatable bonds is 7. The predicted octanol–water partition coefficient (Wildman–Crippen LogP) is 1.78. The van der Waals surface area contributed by atoms with Gasteiger partial charge in [-0.1, -0.05) is 0 Å². The van der Waals surface area contributed by atoms with Crippen LogP contribution in [0, 0.1) is 0 Å². The Morgan fingerprint density at radius 1 is 1.63 bits per heavy atom. The standard InChI is InChI=1S/C13H20N2O3S/c1-4-18-12(16)10-6-5-7-14-11(10)15-8-13(2,17)9-19-3/h5-7,17H,4,8-9H2,1-3H3,(H,14,15). The van der Waals surface area contributed by atoms with Crippen LogP contribution in [0.4, 0.5) is 5.82 Å². The quantitative estimate of drug-likeness (QED) is 0.744. The lowest BCUT2D eigenvalue weighted by atomic mass is 10.1. The smallest absolute Gasteiger partial charge is 0.341 e. The van der Waals surface area contributed by atoms with E-state index in [1.807, 2.05) is 6.26 Å². The average Bonchev–Trinajstić information content (AvgIpc) is 2.37. The van der Waals surface area contributed by atoms with E-state index in [9.17, 15) is 9.90 Å². The molecule has 1 heterocycles. The third-order valence-electron chi connectivity index (χ3n) is 2.40. The number of nitrogens with zero attached hydrogens (tertiary/aromatic N) is 1. The minimum Gasteiger partial charge on any atom is -0.462 e. The van der Waals surface area contributed by atoms with Crippen LogP contribution in [0.3, 0.4) is 0 Å². The van der Waals surface area contributed by atoms with Crippen LogP contribution < -0.4 is 5.32 Å². The second-order valence-electron chi connectivity index (χ2n) is 4.40. The Hall–Kier alpha value is -1.27.